The number of hydrogen-bond donors (Lipinski definition) is 0. The third kappa shape index (κ3) is 4.15. The molecule has 1 aliphatic heterocycles. The van der Waals surface area contributed by atoms with Crippen molar-refractivity contribution in [1.29, 1.82) is 0 Å². The van der Waals surface area contributed by atoms with Crippen molar-refractivity contribution in [2.75, 3.05) is 6.61 Å². The summed E-state index contributed by atoms with van der Waals surface area (Å²) in [5.74, 6) is 0.608. The summed E-state index contributed by atoms with van der Waals surface area (Å²) in [5, 5.41) is 0. The molecule has 1 saturated heterocycles. The molecular weight excluding hydrogens is 452 g/mol. The number of ether oxygens (including phenoxy) is 2. The Morgan fingerprint density at radius 1 is 0.943 bits per heavy atom. The van der Waals surface area contributed by atoms with E-state index in [0.717, 1.165) is 38.7 Å². The predicted octanol–water partition coefficient (Wildman–Crippen LogP) is 7.82. The number of carbonyl (C=O) groups excluding carboxylic acids is 1. The summed E-state index contributed by atoms with van der Waals surface area (Å²) in [6.45, 7) is 24.1. The maximum absolute atomic E-state index is 12.9. The van der Waals surface area contributed by atoms with Crippen molar-refractivity contribution in [3.05, 3.63) is 11.6 Å². The summed E-state index contributed by atoms with van der Waals surface area (Å²) in [6.07, 6.45) is 8.12. The minimum Gasteiger partial charge on any atom is -0.415 e. The number of hydrogen-bond acceptors (Lipinski definition) is 4. The average Bonchev–Trinajstić information content (AvgIpc) is 3.06. The van der Waals surface area contributed by atoms with Crippen LogP contribution in [-0.4, -0.2) is 38.7 Å². The van der Waals surface area contributed by atoms with Crippen molar-refractivity contribution in [1.82, 2.24) is 0 Å². The highest BCUT2D eigenvalue weighted by Crippen LogP contribution is 2.66. The van der Waals surface area contributed by atoms with Gasteiger partial charge in [0.15, 0.2) is 19.9 Å². The number of ketones is 1. The fourth-order valence-electron chi connectivity index (χ4n) is 9.12. The van der Waals surface area contributed by atoms with Gasteiger partial charge < -0.3 is 13.9 Å². The smallest absolute Gasteiger partial charge is 0.200 e. The van der Waals surface area contributed by atoms with Crippen LogP contribution in [-0.2, 0) is 18.7 Å². The zero-order chi connectivity index (χ0) is 26.0. The van der Waals surface area contributed by atoms with Crippen molar-refractivity contribution >= 4 is 14.1 Å². The van der Waals surface area contributed by atoms with E-state index in [-0.39, 0.29) is 23.0 Å². The van der Waals surface area contributed by atoms with Gasteiger partial charge in [0.05, 0.1) is 12.2 Å². The molecule has 0 aromatic carbocycles. The van der Waals surface area contributed by atoms with E-state index in [4.69, 9.17) is 13.9 Å². The minimum absolute atomic E-state index is 0.00171. The second-order valence-corrected chi connectivity index (χ2v) is 19.2. The van der Waals surface area contributed by atoms with Gasteiger partial charge in [-0.25, -0.2) is 0 Å². The second kappa shape index (κ2) is 9.36. The van der Waals surface area contributed by atoms with Crippen LogP contribution in [0.3, 0.4) is 0 Å². The van der Waals surface area contributed by atoms with Gasteiger partial charge in [-0.05, 0) is 73.6 Å². The standard InChI is InChI=1S/C30H52O4Si/c1-19(2)35(20(3)4,21(5)6)32-18-29-13-11-25(31)17-27(29)28(10)15-16-30(22(7)26(28)12-14-29)33-23(8)24(9)34-30/h17,19-24,26H,11-16,18H2,1-10H3/t22-,23+,24+,26-,28-,29+/m0/s1. The Balaban J connectivity index is 1.67. The Bertz CT molecular complexity index is 816. The number of allylic oxidation sites excluding steroid dienone is 1. The quantitative estimate of drug-likeness (QED) is 0.346. The fraction of sp³-hybridized carbons (Fsp3) is 0.900. The summed E-state index contributed by atoms with van der Waals surface area (Å²) < 4.78 is 20.3. The molecule has 0 aromatic rings. The lowest BCUT2D eigenvalue weighted by molar-refractivity contribution is -0.255. The normalized spacial score (nSPS) is 39.3. The van der Waals surface area contributed by atoms with Crippen molar-refractivity contribution < 1.29 is 18.7 Å². The second-order valence-electron chi connectivity index (χ2n) is 13.7. The van der Waals surface area contributed by atoms with Gasteiger partial charge in [0.2, 0.25) is 0 Å². The van der Waals surface area contributed by atoms with Crippen molar-refractivity contribution in [2.24, 2.45) is 22.7 Å². The van der Waals surface area contributed by atoms with E-state index < -0.39 is 14.1 Å². The van der Waals surface area contributed by atoms with Gasteiger partial charge in [-0.3, -0.25) is 4.79 Å². The summed E-state index contributed by atoms with van der Waals surface area (Å²) >= 11 is 0. The lowest BCUT2D eigenvalue weighted by Gasteiger charge is -2.61. The van der Waals surface area contributed by atoms with Gasteiger partial charge in [-0.2, -0.15) is 0 Å². The molecule has 6 atom stereocenters. The molecule has 5 heteroatoms. The molecular formula is C30H52O4Si. The summed E-state index contributed by atoms with van der Waals surface area (Å²) in [5.41, 5.74) is 3.11. The molecule has 0 radical (unpaired) electrons. The van der Waals surface area contributed by atoms with Gasteiger partial charge in [0.1, 0.15) is 0 Å². The molecule has 0 unspecified atom stereocenters. The lowest BCUT2D eigenvalue weighted by atomic mass is 9.46. The van der Waals surface area contributed by atoms with Gasteiger partial charge in [-0.15, -0.1) is 0 Å². The van der Waals surface area contributed by atoms with Crippen LogP contribution in [0.1, 0.15) is 108 Å². The molecule has 4 rings (SSSR count). The molecule has 3 aliphatic carbocycles. The molecule has 35 heavy (non-hydrogen) atoms. The molecule has 4 aliphatic rings. The van der Waals surface area contributed by atoms with Crippen molar-refractivity contribution in [3.63, 3.8) is 0 Å². The van der Waals surface area contributed by atoms with Gasteiger partial charge in [-0.1, -0.05) is 61.0 Å². The first-order chi connectivity index (χ1) is 16.2. The van der Waals surface area contributed by atoms with Gasteiger partial charge >= 0.3 is 0 Å². The molecule has 0 amide bonds. The largest absolute Gasteiger partial charge is 0.415 e. The first-order valence-corrected chi connectivity index (χ1v) is 16.6. The van der Waals surface area contributed by atoms with Crippen molar-refractivity contribution in [3.8, 4) is 0 Å². The maximum Gasteiger partial charge on any atom is 0.200 e. The summed E-state index contributed by atoms with van der Waals surface area (Å²) in [7, 11) is -1.99. The average molecular weight is 505 g/mol. The summed E-state index contributed by atoms with van der Waals surface area (Å²) in [4.78, 5) is 12.9. The van der Waals surface area contributed by atoms with E-state index in [9.17, 15) is 4.79 Å². The topological polar surface area (TPSA) is 44.8 Å². The van der Waals surface area contributed by atoms with Crippen LogP contribution in [0.25, 0.3) is 0 Å². The molecule has 0 bridgehead atoms. The van der Waals surface area contributed by atoms with Crippen LogP contribution in [0.4, 0.5) is 0 Å². The van der Waals surface area contributed by atoms with Crippen LogP contribution < -0.4 is 0 Å². The SMILES string of the molecule is CC(C)[Si](OC[C@]12CCC(=O)C=C1[C@@]1(C)CCC3(O[C@H](C)[C@@H](C)O3)[C@@H](C)[C@@H]1CC2)(C(C)C)C(C)C. The predicted molar refractivity (Wildman–Crippen MR) is 145 cm³/mol. The van der Waals surface area contributed by atoms with Crippen LogP contribution in [0.2, 0.25) is 16.6 Å². The van der Waals surface area contributed by atoms with E-state index in [2.05, 4.69) is 75.3 Å². The number of rotatable bonds is 6. The highest BCUT2D eigenvalue weighted by atomic mass is 28.4. The Morgan fingerprint density at radius 2 is 1.51 bits per heavy atom. The van der Waals surface area contributed by atoms with E-state index in [1.54, 1.807) is 0 Å². The molecule has 0 N–H and O–H groups in total. The monoisotopic (exact) mass is 504 g/mol. The zero-order valence-corrected chi connectivity index (χ0v) is 25.2. The minimum atomic E-state index is -1.99. The number of carbonyl (C=O) groups is 1. The molecule has 200 valence electrons. The maximum atomic E-state index is 12.9. The highest BCUT2D eigenvalue weighted by Gasteiger charge is 2.63. The van der Waals surface area contributed by atoms with Gasteiger partial charge in [0.25, 0.3) is 0 Å². The first kappa shape index (κ1) is 27.5. The first-order valence-electron chi connectivity index (χ1n) is 14.5. The third-order valence-electron chi connectivity index (χ3n) is 11.1. The Hall–Kier alpha value is -0.493. The van der Waals surface area contributed by atoms with E-state index in [1.165, 1.54) is 5.57 Å². The lowest BCUT2D eigenvalue weighted by Crippen LogP contribution is -2.59. The van der Waals surface area contributed by atoms with Crippen LogP contribution in [0.5, 0.6) is 0 Å². The fourth-order valence-corrected chi connectivity index (χ4v) is 14.6. The van der Waals surface area contributed by atoms with E-state index in [0.29, 0.717) is 40.7 Å². The Morgan fingerprint density at radius 3 is 2.06 bits per heavy atom. The molecule has 2 saturated carbocycles. The molecule has 3 fully saturated rings. The molecule has 4 nitrogen and oxygen atoms in total. The Labute approximate surface area is 216 Å². The van der Waals surface area contributed by atoms with Crippen LogP contribution in [0, 0.1) is 22.7 Å². The van der Waals surface area contributed by atoms with E-state index >= 15 is 0 Å². The third-order valence-corrected chi connectivity index (χ3v) is 17.2. The summed E-state index contributed by atoms with van der Waals surface area (Å²) in [6, 6.07) is 0. The van der Waals surface area contributed by atoms with Gasteiger partial charge in [0, 0.05) is 30.8 Å². The van der Waals surface area contributed by atoms with Crippen molar-refractivity contribution in [2.45, 2.75) is 142 Å². The van der Waals surface area contributed by atoms with E-state index in [1.807, 2.05) is 0 Å². The van der Waals surface area contributed by atoms with Crippen LogP contribution >= 0.6 is 0 Å². The zero-order valence-electron chi connectivity index (χ0n) is 24.2. The Kier molecular flexibility index (Phi) is 7.36. The highest BCUT2D eigenvalue weighted by molar-refractivity contribution is 6.77. The molecule has 1 heterocycles. The molecule has 1 spiro atoms. The number of fused-ring (bicyclic) bond motifs is 3. The van der Waals surface area contributed by atoms with Crippen LogP contribution in [0.15, 0.2) is 11.6 Å². The molecule has 0 aromatic heterocycles.